The molecule has 1 aromatic heterocycles. The van der Waals surface area contributed by atoms with Gasteiger partial charge in [0.15, 0.2) is 0 Å². The summed E-state index contributed by atoms with van der Waals surface area (Å²) in [6.45, 7) is 6.42. The second-order valence-corrected chi connectivity index (χ2v) is 4.93. The topological polar surface area (TPSA) is 80.3 Å². The van der Waals surface area contributed by atoms with Crippen molar-refractivity contribution < 1.29 is 14.3 Å². The molecule has 1 heterocycles. The van der Waals surface area contributed by atoms with Crippen LogP contribution in [-0.2, 0) is 9.53 Å². The second-order valence-electron chi connectivity index (χ2n) is 4.93. The van der Waals surface area contributed by atoms with E-state index in [0.29, 0.717) is 23.8 Å². The quantitative estimate of drug-likeness (QED) is 0.770. The molecule has 6 nitrogen and oxygen atoms in total. The number of pyridine rings is 1. The number of rotatable bonds is 6. The minimum Gasteiger partial charge on any atom is -0.465 e. The first-order valence-corrected chi connectivity index (χ1v) is 6.52. The van der Waals surface area contributed by atoms with Gasteiger partial charge in [-0.05, 0) is 25.0 Å². The van der Waals surface area contributed by atoms with Gasteiger partial charge in [-0.15, -0.1) is 0 Å². The zero-order valence-corrected chi connectivity index (χ0v) is 12.3. The molecule has 0 fully saturated rings. The summed E-state index contributed by atoms with van der Waals surface area (Å²) in [4.78, 5) is 27.3. The molecule has 0 bridgehead atoms. The van der Waals surface area contributed by atoms with Gasteiger partial charge in [0, 0.05) is 12.7 Å². The maximum Gasteiger partial charge on any atom is 0.338 e. The van der Waals surface area contributed by atoms with Crippen LogP contribution in [0.15, 0.2) is 18.3 Å². The molecule has 0 aliphatic heterocycles. The van der Waals surface area contributed by atoms with Crippen molar-refractivity contribution in [2.45, 2.75) is 26.8 Å². The Labute approximate surface area is 118 Å². The van der Waals surface area contributed by atoms with Gasteiger partial charge >= 0.3 is 5.97 Å². The van der Waals surface area contributed by atoms with Crippen LogP contribution >= 0.6 is 0 Å². The van der Waals surface area contributed by atoms with Gasteiger partial charge in [-0.2, -0.15) is 0 Å². The molecule has 110 valence electrons. The first-order chi connectivity index (χ1) is 9.43. The summed E-state index contributed by atoms with van der Waals surface area (Å²) in [5, 5.41) is 5.78. The first-order valence-electron chi connectivity index (χ1n) is 6.52. The van der Waals surface area contributed by atoms with Crippen molar-refractivity contribution in [1.82, 2.24) is 10.3 Å². The SMILES string of the molecule is COC(=O)c1ccnc(NC(C)C(=O)NCC(C)C)c1. The average Bonchev–Trinajstić information content (AvgIpc) is 2.43. The Balaban J connectivity index is 2.63. The highest BCUT2D eigenvalue weighted by Crippen LogP contribution is 2.09. The molecule has 0 aliphatic rings. The average molecular weight is 279 g/mol. The Kier molecular flexibility index (Phi) is 5.96. The van der Waals surface area contributed by atoms with E-state index >= 15 is 0 Å². The Morgan fingerprint density at radius 1 is 1.35 bits per heavy atom. The van der Waals surface area contributed by atoms with Crippen LogP contribution in [0.3, 0.4) is 0 Å². The van der Waals surface area contributed by atoms with E-state index in [9.17, 15) is 9.59 Å². The lowest BCUT2D eigenvalue weighted by Crippen LogP contribution is -2.39. The fourth-order valence-corrected chi connectivity index (χ4v) is 1.50. The summed E-state index contributed by atoms with van der Waals surface area (Å²) < 4.78 is 4.63. The van der Waals surface area contributed by atoms with Gasteiger partial charge in [0.05, 0.1) is 12.7 Å². The molecule has 0 aliphatic carbocycles. The fourth-order valence-electron chi connectivity index (χ4n) is 1.50. The van der Waals surface area contributed by atoms with Crippen molar-refractivity contribution >= 4 is 17.7 Å². The summed E-state index contributed by atoms with van der Waals surface area (Å²) in [7, 11) is 1.32. The van der Waals surface area contributed by atoms with Crippen LogP contribution < -0.4 is 10.6 Å². The van der Waals surface area contributed by atoms with Gasteiger partial charge in [0.2, 0.25) is 5.91 Å². The Hall–Kier alpha value is -2.11. The van der Waals surface area contributed by atoms with E-state index in [0.717, 1.165) is 0 Å². The molecule has 0 saturated heterocycles. The second kappa shape index (κ2) is 7.47. The van der Waals surface area contributed by atoms with E-state index in [-0.39, 0.29) is 5.91 Å². The van der Waals surface area contributed by atoms with Crippen LogP contribution in [0.5, 0.6) is 0 Å². The summed E-state index contributed by atoms with van der Waals surface area (Å²) in [5.41, 5.74) is 0.389. The molecule has 2 N–H and O–H groups in total. The number of aromatic nitrogens is 1. The van der Waals surface area contributed by atoms with Crippen LogP contribution in [0.2, 0.25) is 0 Å². The zero-order valence-electron chi connectivity index (χ0n) is 12.3. The highest BCUT2D eigenvalue weighted by molar-refractivity contribution is 5.90. The number of amides is 1. The lowest BCUT2D eigenvalue weighted by Gasteiger charge is -2.15. The van der Waals surface area contributed by atoms with Crippen LogP contribution in [0, 0.1) is 5.92 Å². The van der Waals surface area contributed by atoms with Gasteiger partial charge in [0.1, 0.15) is 11.9 Å². The predicted molar refractivity (Wildman–Crippen MR) is 76.5 cm³/mol. The molecular formula is C14H21N3O3. The molecule has 0 aromatic carbocycles. The smallest absolute Gasteiger partial charge is 0.338 e. The molecule has 1 amide bonds. The Bertz CT molecular complexity index is 474. The van der Waals surface area contributed by atoms with Crippen molar-refractivity contribution in [1.29, 1.82) is 0 Å². The van der Waals surface area contributed by atoms with Crippen LogP contribution in [0.4, 0.5) is 5.82 Å². The van der Waals surface area contributed by atoms with E-state index < -0.39 is 12.0 Å². The number of hydrogen-bond acceptors (Lipinski definition) is 5. The van der Waals surface area contributed by atoms with Gasteiger partial charge in [-0.3, -0.25) is 4.79 Å². The summed E-state index contributed by atoms with van der Waals surface area (Å²) in [5.74, 6) is 0.309. The summed E-state index contributed by atoms with van der Waals surface area (Å²) in [6.07, 6.45) is 1.49. The van der Waals surface area contributed by atoms with Gasteiger partial charge < -0.3 is 15.4 Å². The molecule has 20 heavy (non-hydrogen) atoms. The highest BCUT2D eigenvalue weighted by Gasteiger charge is 2.14. The maximum absolute atomic E-state index is 11.8. The number of nitrogens with one attached hydrogen (secondary N) is 2. The molecule has 0 radical (unpaired) electrons. The molecule has 6 heteroatoms. The summed E-state index contributed by atoms with van der Waals surface area (Å²) in [6, 6.07) is 2.67. The Morgan fingerprint density at radius 3 is 2.65 bits per heavy atom. The van der Waals surface area contributed by atoms with Gasteiger partial charge in [0.25, 0.3) is 0 Å². The third-order valence-electron chi connectivity index (χ3n) is 2.62. The maximum atomic E-state index is 11.8. The van der Waals surface area contributed by atoms with Crippen molar-refractivity contribution in [3.8, 4) is 0 Å². The predicted octanol–water partition coefficient (Wildman–Crippen LogP) is 1.44. The molecular weight excluding hydrogens is 258 g/mol. The largest absolute Gasteiger partial charge is 0.465 e. The molecule has 1 unspecified atom stereocenters. The van der Waals surface area contributed by atoms with Crippen molar-refractivity contribution in [3.05, 3.63) is 23.9 Å². The minimum atomic E-state index is -0.438. The van der Waals surface area contributed by atoms with Crippen molar-refractivity contribution in [2.75, 3.05) is 19.0 Å². The highest BCUT2D eigenvalue weighted by atomic mass is 16.5. The third kappa shape index (κ3) is 4.87. The molecule has 0 spiro atoms. The Morgan fingerprint density at radius 2 is 2.05 bits per heavy atom. The number of ether oxygens (including phenoxy) is 1. The minimum absolute atomic E-state index is 0.107. The molecule has 1 rings (SSSR count). The number of carbonyl (C=O) groups excluding carboxylic acids is 2. The number of methoxy groups -OCH3 is 1. The van der Waals surface area contributed by atoms with Gasteiger partial charge in [-0.25, -0.2) is 9.78 Å². The van der Waals surface area contributed by atoms with E-state index in [1.165, 1.54) is 13.3 Å². The molecule has 1 aromatic rings. The number of carbonyl (C=O) groups is 2. The van der Waals surface area contributed by atoms with E-state index in [4.69, 9.17) is 0 Å². The lowest BCUT2D eigenvalue weighted by atomic mass is 10.2. The number of esters is 1. The van der Waals surface area contributed by atoms with E-state index in [1.54, 1.807) is 19.1 Å². The zero-order chi connectivity index (χ0) is 15.1. The normalized spacial score (nSPS) is 11.8. The van der Waals surface area contributed by atoms with E-state index in [1.807, 2.05) is 13.8 Å². The van der Waals surface area contributed by atoms with E-state index in [2.05, 4.69) is 20.4 Å². The standard InChI is InChI=1S/C14H21N3O3/c1-9(2)8-16-13(18)10(3)17-12-7-11(5-6-15-12)14(19)20-4/h5-7,9-10H,8H2,1-4H3,(H,15,17)(H,16,18). The van der Waals surface area contributed by atoms with Crippen LogP contribution in [0.25, 0.3) is 0 Å². The molecule has 1 atom stereocenters. The monoisotopic (exact) mass is 279 g/mol. The van der Waals surface area contributed by atoms with Crippen molar-refractivity contribution in [2.24, 2.45) is 5.92 Å². The number of nitrogens with zero attached hydrogens (tertiary/aromatic N) is 1. The van der Waals surface area contributed by atoms with Crippen LogP contribution in [0.1, 0.15) is 31.1 Å². The van der Waals surface area contributed by atoms with Gasteiger partial charge in [-0.1, -0.05) is 13.8 Å². The summed E-state index contributed by atoms with van der Waals surface area (Å²) >= 11 is 0. The lowest BCUT2D eigenvalue weighted by molar-refractivity contribution is -0.121. The third-order valence-corrected chi connectivity index (χ3v) is 2.62. The molecule has 0 saturated carbocycles. The van der Waals surface area contributed by atoms with Crippen LogP contribution in [-0.4, -0.2) is 36.6 Å². The first kappa shape index (κ1) is 15.9. The number of anilines is 1. The van der Waals surface area contributed by atoms with Crippen molar-refractivity contribution in [3.63, 3.8) is 0 Å². The fraction of sp³-hybridized carbons (Fsp3) is 0.500. The number of hydrogen-bond donors (Lipinski definition) is 2.